The molecule has 1 heterocycles. The Bertz CT molecular complexity index is 712. The topological polar surface area (TPSA) is 29.5 Å². The van der Waals surface area contributed by atoms with Crippen LogP contribution in [0.3, 0.4) is 0 Å². The fourth-order valence-corrected chi connectivity index (χ4v) is 9.60. The highest BCUT2D eigenvalue weighted by atomic mass is 16.5. The van der Waals surface area contributed by atoms with E-state index >= 15 is 0 Å². The second kappa shape index (κ2) is 7.86. The van der Waals surface area contributed by atoms with Crippen LogP contribution < -0.4 is 0 Å². The van der Waals surface area contributed by atoms with Crippen molar-refractivity contribution >= 4 is 0 Å². The molecule has 1 aliphatic heterocycles. The van der Waals surface area contributed by atoms with Gasteiger partial charge in [0.25, 0.3) is 0 Å². The zero-order valence-corrected chi connectivity index (χ0v) is 21.0. The van der Waals surface area contributed by atoms with Crippen LogP contribution in [0.5, 0.6) is 0 Å². The van der Waals surface area contributed by atoms with Crippen LogP contribution in [0.25, 0.3) is 0 Å². The predicted octanol–water partition coefficient (Wildman–Crippen LogP) is 7.16. The molecule has 4 fully saturated rings. The molecular weight excluding hydrogens is 380 g/mol. The third-order valence-electron chi connectivity index (χ3n) is 11.4. The Labute approximate surface area is 191 Å². The third kappa shape index (κ3) is 3.49. The summed E-state index contributed by atoms with van der Waals surface area (Å²) in [7, 11) is 0. The third-order valence-corrected chi connectivity index (χ3v) is 11.4. The van der Waals surface area contributed by atoms with Gasteiger partial charge >= 0.3 is 0 Å². The second-order valence-corrected chi connectivity index (χ2v) is 13.4. The van der Waals surface area contributed by atoms with E-state index in [-0.39, 0.29) is 11.5 Å². The smallest absolute Gasteiger partial charge is 0.0967 e. The Morgan fingerprint density at radius 3 is 2.65 bits per heavy atom. The van der Waals surface area contributed by atoms with Gasteiger partial charge in [0.2, 0.25) is 0 Å². The van der Waals surface area contributed by atoms with Crippen molar-refractivity contribution < 1.29 is 9.84 Å². The highest BCUT2D eigenvalue weighted by Crippen LogP contribution is 2.68. The normalized spacial score (nSPS) is 49.8. The number of hydrogen-bond donors (Lipinski definition) is 1. The molecule has 0 aromatic carbocycles. The molecule has 1 saturated heterocycles. The van der Waals surface area contributed by atoms with Crippen LogP contribution in [-0.4, -0.2) is 23.4 Å². The molecule has 176 valence electrons. The highest BCUT2D eigenvalue weighted by molar-refractivity contribution is 5.29. The molecule has 3 saturated carbocycles. The van der Waals surface area contributed by atoms with Crippen molar-refractivity contribution in [2.45, 2.75) is 117 Å². The summed E-state index contributed by atoms with van der Waals surface area (Å²) in [6.07, 6.45) is 16.7. The summed E-state index contributed by atoms with van der Waals surface area (Å²) in [6.45, 7) is 13.3. The van der Waals surface area contributed by atoms with Crippen molar-refractivity contribution in [1.82, 2.24) is 0 Å². The van der Waals surface area contributed by atoms with Crippen LogP contribution >= 0.6 is 0 Å². The molecule has 9 atom stereocenters. The van der Waals surface area contributed by atoms with E-state index in [1.165, 1.54) is 51.4 Å². The maximum Gasteiger partial charge on any atom is 0.0967 e. The molecule has 0 spiro atoms. The molecule has 0 bridgehead atoms. The summed E-state index contributed by atoms with van der Waals surface area (Å²) < 4.78 is 6.09. The van der Waals surface area contributed by atoms with Gasteiger partial charge in [-0.25, -0.2) is 0 Å². The minimum absolute atomic E-state index is 0.0685. The molecule has 2 nitrogen and oxygen atoms in total. The van der Waals surface area contributed by atoms with Crippen LogP contribution in [0, 0.1) is 46.3 Å². The second-order valence-electron chi connectivity index (χ2n) is 13.4. The van der Waals surface area contributed by atoms with Crippen molar-refractivity contribution in [1.29, 1.82) is 0 Å². The van der Waals surface area contributed by atoms with Crippen molar-refractivity contribution in [2.24, 2.45) is 46.3 Å². The summed E-state index contributed by atoms with van der Waals surface area (Å²) >= 11 is 0. The number of allylic oxidation sites excluding steroid dienone is 1. The van der Waals surface area contributed by atoms with E-state index in [0.717, 1.165) is 61.4 Å². The van der Waals surface area contributed by atoms with Crippen LogP contribution in [-0.2, 0) is 4.74 Å². The standard InChI is InChI=1S/C29H48O2/c1-19(2)7-6-8-20(3)23-11-12-24-22-10-9-21-17-29(30)15-16-31-26(29)18-28(21,5)25(22)13-14-27(23,24)4/h9,19-20,22-26,30H,6-8,10-18H2,1-5H3/t20-,22+,23-,24+,25+,26?,27-,28+,29?/m1/s1. The van der Waals surface area contributed by atoms with Gasteiger partial charge in [0.15, 0.2) is 0 Å². The Hall–Kier alpha value is -0.340. The van der Waals surface area contributed by atoms with Crippen LogP contribution in [0.1, 0.15) is 105 Å². The fourth-order valence-electron chi connectivity index (χ4n) is 9.60. The van der Waals surface area contributed by atoms with Crippen molar-refractivity contribution in [3.05, 3.63) is 11.6 Å². The quantitative estimate of drug-likeness (QED) is 0.471. The van der Waals surface area contributed by atoms with Crippen molar-refractivity contribution in [3.63, 3.8) is 0 Å². The summed E-state index contributed by atoms with van der Waals surface area (Å²) in [5.74, 6) is 5.21. The van der Waals surface area contributed by atoms with Crippen LogP contribution in [0.15, 0.2) is 11.6 Å². The Morgan fingerprint density at radius 2 is 1.87 bits per heavy atom. The van der Waals surface area contributed by atoms with E-state index in [4.69, 9.17) is 4.74 Å². The molecule has 2 unspecified atom stereocenters. The van der Waals surface area contributed by atoms with Crippen molar-refractivity contribution in [2.75, 3.05) is 6.61 Å². The SMILES string of the molecule is CC(C)CCC[C@@H](C)[C@H]1CC[C@H]2[C@@H]3CC=C4CC5(O)CCOC5C[C@]4(C)[C@H]3CC[C@]12C. The van der Waals surface area contributed by atoms with Gasteiger partial charge in [-0.15, -0.1) is 0 Å². The maximum atomic E-state index is 11.2. The molecule has 31 heavy (non-hydrogen) atoms. The predicted molar refractivity (Wildman–Crippen MR) is 128 cm³/mol. The summed E-state index contributed by atoms with van der Waals surface area (Å²) in [5.41, 5.74) is 1.81. The molecule has 4 aliphatic carbocycles. The molecule has 5 aliphatic rings. The van der Waals surface area contributed by atoms with Crippen LogP contribution in [0.4, 0.5) is 0 Å². The minimum Gasteiger partial charge on any atom is -0.387 e. The van der Waals surface area contributed by atoms with Gasteiger partial charge in [0, 0.05) is 19.4 Å². The van der Waals surface area contributed by atoms with Gasteiger partial charge in [0.05, 0.1) is 11.7 Å². The van der Waals surface area contributed by atoms with Gasteiger partial charge < -0.3 is 9.84 Å². The van der Waals surface area contributed by atoms with Gasteiger partial charge in [-0.3, -0.25) is 0 Å². The number of aliphatic hydroxyl groups is 1. The number of hydrogen-bond acceptors (Lipinski definition) is 2. The van der Waals surface area contributed by atoms with E-state index in [0.29, 0.717) is 5.41 Å². The summed E-state index contributed by atoms with van der Waals surface area (Å²) in [4.78, 5) is 0. The van der Waals surface area contributed by atoms with Crippen molar-refractivity contribution in [3.8, 4) is 0 Å². The fraction of sp³-hybridized carbons (Fsp3) is 0.931. The average molecular weight is 429 g/mol. The van der Waals surface area contributed by atoms with E-state index in [2.05, 4.69) is 40.7 Å². The highest BCUT2D eigenvalue weighted by Gasteiger charge is 2.62. The Kier molecular flexibility index (Phi) is 5.70. The van der Waals surface area contributed by atoms with E-state index in [1.54, 1.807) is 5.57 Å². The molecule has 0 aromatic heterocycles. The first-order chi connectivity index (χ1) is 14.7. The van der Waals surface area contributed by atoms with Gasteiger partial charge in [-0.1, -0.05) is 65.5 Å². The first-order valence-corrected chi connectivity index (χ1v) is 13.7. The Balaban J connectivity index is 1.34. The molecule has 0 amide bonds. The lowest BCUT2D eigenvalue weighted by molar-refractivity contribution is -0.113. The van der Waals surface area contributed by atoms with E-state index in [9.17, 15) is 5.11 Å². The van der Waals surface area contributed by atoms with Gasteiger partial charge in [-0.2, -0.15) is 0 Å². The lowest BCUT2D eigenvalue weighted by atomic mass is 9.46. The molecule has 0 radical (unpaired) electrons. The number of rotatable bonds is 5. The number of fused-ring (bicyclic) bond motifs is 6. The first kappa shape index (κ1) is 22.5. The monoisotopic (exact) mass is 428 g/mol. The Morgan fingerprint density at radius 1 is 1.06 bits per heavy atom. The molecular formula is C29H48O2. The zero-order chi connectivity index (χ0) is 22.0. The lowest BCUT2D eigenvalue weighted by Gasteiger charge is -2.60. The van der Waals surface area contributed by atoms with Gasteiger partial charge in [0.1, 0.15) is 0 Å². The minimum atomic E-state index is -0.578. The summed E-state index contributed by atoms with van der Waals surface area (Å²) in [5, 5.41) is 11.2. The maximum absolute atomic E-state index is 11.2. The molecule has 2 heteroatoms. The first-order valence-electron chi connectivity index (χ1n) is 13.7. The molecule has 5 rings (SSSR count). The summed E-state index contributed by atoms with van der Waals surface area (Å²) in [6, 6.07) is 0. The van der Waals surface area contributed by atoms with Gasteiger partial charge in [-0.05, 0) is 84.9 Å². The van der Waals surface area contributed by atoms with E-state index < -0.39 is 5.60 Å². The largest absolute Gasteiger partial charge is 0.387 e. The molecule has 1 N–H and O–H groups in total. The zero-order valence-electron chi connectivity index (χ0n) is 21.0. The van der Waals surface area contributed by atoms with E-state index in [1.807, 2.05) is 0 Å². The van der Waals surface area contributed by atoms with Crippen LogP contribution in [0.2, 0.25) is 0 Å². The number of ether oxygens (including phenoxy) is 1. The average Bonchev–Trinajstić information content (AvgIpc) is 3.24. The molecule has 0 aromatic rings. The lowest BCUT2D eigenvalue weighted by Crippen LogP contribution is -2.55.